The topological polar surface area (TPSA) is 603 Å². The van der Waals surface area contributed by atoms with Gasteiger partial charge in [-0.25, -0.2) is 0 Å². The van der Waals surface area contributed by atoms with E-state index in [2.05, 4.69) is 10.6 Å². The molecule has 35 atom stereocenters. The number of hydrogen-bond donors (Lipinski definition) is 23. The summed E-state index contributed by atoms with van der Waals surface area (Å²) in [7, 11) is 0. The zero-order valence-corrected chi connectivity index (χ0v) is 44.7. The van der Waals surface area contributed by atoms with Crippen LogP contribution in [0.5, 0.6) is 0 Å². The van der Waals surface area contributed by atoms with E-state index in [1.165, 1.54) is 0 Å². The number of carbonyl (C=O) groups is 2. The molecule has 0 aromatic carbocycles. The summed E-state index contributed by atoms with van der Waals surface area (Å²) < 4.78 is 74.7. The fourth-order valence-electron chi connectivity index (χ4n) is 10.7. The molecule has 0 saturated carbocycles. The Labute approximate surface area is 475 Å². The van der Waals surface area contributed by atoms with Crippen LogP contribution in [0.4, 0.5) is 0 Å². The van der Waals surface area contributed by atoms with Crippen molar-refractivity contribution in [2.75, 3.05) is 46.2 Å². The average Bonchev–Trinajstić information content (AvgIpc) is 1.60. The maximum Gasteiger partial charge on any atom is 0.217 e. The Morgan fingerprint density at radius 2 is 0.643 bits per heavy atom. The first kappa shape index (κ1) is 69.1. The largest absolute Gasteiger partial charge is 0.394 e. The van der Waals surface area contributed by atoms with Crippen molar-refractivity contribution in [1.82, 2.24) is 10.6 Å². The van der Waals surface area contributed by atoms with Crippen LogP contribution < -0.4 is 10.6 Å². The van der Waals surface area contributed by atoms with Crippen molar-refractivity contribution >= 4 is 11.8 Å². The number of rotatable bonds is 21. The van der Waals surface area contributed by atoms with Crippen LogP contribution in [-0.4, -0.2) is 380 Å². The van der Waals surface area contributed by atoms with Gasteiger partial charge in [0.25, 0.3) is 0 Å². The first-order chi connectivity index (χ1) is 39.7. The molecule has 0 radical (unpaired) electrons. The van der Waals surface area contributed by atoms with E-state index in [0.29, 0.717) is 0 Å². The Kier molecular flexibility index (Phi) is 24.6. The van der Waals surface area contributed by atoms with Gasteiger partial charge < -0.3 is 179 Å². The lowest BCUT2D eigenvalue weighted by Gasteiger charge is -2.50. The number of nitrogens with one attached hydrogen (secondary N) is 2. The molecule has 0 aliphatic carbocycles. The molecule has 7 saturated heterocycles. The van der Waals surface area contributed by atoms with E-state index in [-0.39, 0.29) is 0 Å². The zero-order valence-electron chi connectivity index (χ0n) is 44.7. The number of amides is 2. The third-order valence-corrected chi connectivity index (χ3v) is 15.3. The highest BCUT2D eigenvalue weighted by Crippen LogP contribution is 2.38. The van der Waals surface area contributed by atoms with Crippen LogP contribution >= 0.6 is 0 Å². The van der Waals surface area contributed by atoms with E-state index in [4.69, 9.17) is 61.6 Å². The van der Waals surface area contributed by atoms with Crippen LogP contribution in [0.1, 0.15) is 13.8 Å². The molecule has 0 aromatic heterocycles. The van der Waals surface area contributed by atoms with Gasteiger partial charge in [-0.1, -0.05) is 0 Å². The molecule has 84 heavy (non-hydrogen) atoms. The number of hydrogen-bond acceptors (Lipinski definition) is 36. The zero-order chi connectivity index (χ0) is 61.9. The molecule has 0 aromatic rings. The molecule has 7 rings (SSSR count). The summed E-state index contributed by atoms with van der Waals surface area (Å²) in [6.07, 6.45) is -65.6. The summed E-state index contributed by atoms with van der Waals surface area (Å²) in [6, 6.07) is -3.53. The van der Waals surface area contributed by atoms with Crippen LogP contribution in [0.2, 0.25) is 0 Å². The van der Waals surface area contributed by atoms with E-state index >= 15 is 0 Å². The number of ether oxygens (including phenoxy) is 13. The fraction of sp³-hybridized carbons (Fsp3) is 0.957. The third-order valence-electron chi connectivity index (χ3n) is 15.3. The second-order valence-electron chi connectivity index (χ2n) is 21.1. The van der Waals surface area contributed by atoms with Crippen molar-refractivity contribution in [3.8, 4) is 0 Å². The Morgan fingerprint density at radius 3 is 1.13 bits per heavy atom. The Hall–Kier alpha value is -2.42. The quantitative estimate of drug-likeness (QED) is 0.0507. The Morgan fingerprint density at radius 1 is 0.310 bits per heavy atom. The highest BCUT2D eigenvalue weighted by atomic mass is 16.8. The minimum Gasteiger partial charge on any atom is -0.394 e. The van der Waals surface area contributed by atoms with Gasteiger partial charge in [0.15, 0.2) is 44.0 Å². The predicted octanol–water partition coefficient (Wildman–Crippen LogP) is -16.0. The van der Waals surface area contributed by atoms with Gasteiger partial charge in [-0.05, 0) is 0 Å². The van der Waals surface area contributed by atoms with E-state index in [0.717, 1.165) is 13.8 Å². The smallest absolute Gasteiger partial charge is 0.217 e. The van der Waals surface area contributed by atoms with Gasteiger partial charge in [-0.15, -0.1) is 0 Å². The molecule has 0 spiro atoms. The second kappa shape index (κ2) is 29.9. The van der Waals surface area contributed by atoms with E-state index in [1.54, 1.807) is 0 Å². The lowest BCUT2D eigenvalue weighted by atomic mass is 9.94. The molecule has 7 aliphatic rings. The van der Waals surface area contributed by atoms with Crippen molar-refractivity contribution in [2.24, 2.45) is 0 Å². The highest BCUT2D eigenvalue weighted by Gasteiger charge is 2.59. The first-order valence-electron chi connectivity index (χ1n) is 26.6. The Balaban J connectivity index is 1.18. The summed E-state index contributed by atoms with van der Waals surface area (Å²) in [6.45, 7) is -5.04. The van der Waals surface area contributed by atoms with Crippen LogP contribution in [-0.2, 0) is 71.2 Å². The van der Waals surface area contributed by atoms with E-state index in [9.17, 15) is 117 Å². The molecule has 488 valence electrons. The van der Waals surface area contributed by atoms with Crippen LogP contribution in [0.25, 0.3) is 0 Å². The molecule has 38 heteroatoms. The van der Waals surface area contributed by atoms with Crippen molar-refractivity contribution in [2.45, 2.75) is 229 Å². The molecule has 7 fully saturated rings. The second-order valence-corrected chi connectivity index (χ2v) is 21.1. The highest BCUT2D eigenvalue weighted by molar-refractivity contribution is 5.73. The molecular formula is C46H78N2O36. The number of carbonyl (C=O) groups excluding carboxylic acids is 2. The van der Waals surface area contributed by atoms with Crippen LogP contribution in [0, 0.1) is 0 Å². The average molecular weight is 1240 g/mol. The van der Waals surface area contributed by atoms with Crippen molar-refractivity contribution in [3.05, 3.63) is 0 Å². The standard InChI is InChI=1S/C46H78N2O36/c1-10(55)47-19-26(62)35(16(7-53)73-40(19)71)81-45-34(70)38(25(61)18(79-45)9-72-42-33(69)37(24(60)15(6-52)74-42)82-44-32(68)29(65)22(58)13(4-50)76-44)83-46-39(30(66)23(59)14(5-51)77-46)84-41-20(48-11(2)56)27(63)36(17(8-54)78-41)80-43-31(67)28(64)21(57)12(3-49)75-43/h12-46,49-54,57-71H,3-9H2,1-2H3,(H,47,55)(H,48,56)/t12-,13-,14-,15-,16-,17-,18-,19-,20-,21+,22-,23-,24-,25-,26-,27-,28+,29+,30+,31-,32+,33+,34+,35-,36-,37+,38+,39+,40-,41+,42+,43+,44-,45+,46-/m1/s1. The minimum absolute atomic E-state index is 0.794. The lowest BCUT2D eigenvalue weighted by Crippen LogP contribution is -2.70. The molecule has 7 aliphatic heterocycles. The molecular weight excluding hydrogens is 1160 g/mol. The van der Waals surface area contributed by atoms with Crippen molar-refractivity contribution in [1.29, 1.82) is 0 Å². The van der Waals surface area contributed by atoms with Gasteiger partial charge >= 0.3 is 0 Å². The maximum atomic E-state index is 12.7. The third kappa shape index (κ3) is 14.7. The van der Waals surface area contributed by atoms with Gasteiger partial charge in [0.05, 0.1) is 46.2 Å². The monoisotopic (exact) mass is 1230 g/mol. The molecule has 2 amide bonds. The molecule has 23 N–H and O–H groups in total. The summed E-state index contributed by atoms with van der Waals surface area (Å²) in [5, 5.41) is 231. The van der Waals surface area contributed by atoms with Gasteiger partial charge in [0.2, 0.25) is 11.8 Å². The summed E-state index contributed by atoms with van der Waals surface area (Å²) in [4.78, 5) is 24.8. The molecule has 0 bridgehead atoms. The summed E-state index contributed by atoms with van der Waals surface area (Å²) in [5.74, 6) is -1.69. The molecule has 7 heterocycles. The predicted molar refractivity (Wildman–Crippen MR) is 255 cm³/mol. The normalized spacial score (nSPS) is 50.3. The Bertz CT molecular complexity index is 2060. The van der Waals surface area contributed by atoms with Crippen LogP contribution in [0.15, 0.2) is 0 Å². The van der Waals surface area contributed by atoms with Gasteiger partial charge in [0.1, 0.15) is 171 Å². The molecule has 0 unspecified atom stereocenters. The van der Waals surface area contributed by atoms with Gasteiger partial charge in [-0.3, -0.25) is 9.59 Å². The fourth-order valence-corrected chi connectivity index (χ4v) is 10.7. The molecule has 38 nitrogen and oxygen atoms in total. The SMILES string of the molecule is CC(=O)N[C@@H]1[C@@H](O)[C@H](O[C@@H]2O[C@H](CO[C@H]3O[C@H](CO)[C@@H](O)[C@H](O[C@H]4O[C@H](CO)[C@@H](O)[C@H](O)[C@@H]4O)[C@@H]3O)[C@@H](O)[C@H](O[C@H]3O[C@H](CO)[C@@H](O)[C@H](O)[C@@H]3O[C@@H]3O[C@H](CO)[C@@H](O[C@@H]4O[C@H](CO)[C@H](O)[C@H](O)[C@H]4O)[C@H](O)[C@H]3NC(C)=O)[C@@H]2O)[C@@H](CO)O[C@H]1O. The summed E-state index contributed by atoms with van der Waals surface area (Å²) in [5.41, 5.74) is 0. The van der Waals surface area contributed by atoms with Crippen molar-refractivity contribution < 1.29 is 178 Å². The maximum absolute atomic E-state index is 12.7. The van der Waals surface area contributed by atoms with E-state index < -0.39 is 273 Å². The number of aliphatic hydroxyl groups is 21. The van der Waals surface area contributed by atoms with Gasteiger partial charge in [-0.2, -0.15) is 0 Å². The first-order valence-corrected chi connectivity index (χ1v) is 26.6. The number of aliphatic hydroxyl groups excluding tert-OH is 21. The van der Waals surface area contributed by atoms with Crippen LogP contribution in [0.3, 0.4) is 0 Å². The summed E-state index contributed by atoms with van der Waals surface area (Å²) >= 11 is 0. The van der Waals surface area contributed by atoms with Crippen molar-refractivity contribution in [3.63, 3.8) is 0 Å². The van der Waals surface area contributed by atoms with Gasteiger partial charge in [0, 0.05) is 13.8 Å². The van der Waals surface area contributed by atoms with E-state index in [1.807, 2.05) is 0 Å². The minimum atomic E-state index is -2.38. The lowest BCUT2D eigenvalue weighted by molar-refractivity contribution is -0.396.